The van der Waals surface area contributed by atoms with Gasteiger partial charge in [0.1, 0.15) is 0 Å². The quantitative estimate of drug-likeness (QED) is 0.735. The zero-order valence-electron chi connectivity index (χ0n) is 9.10. The van der Waals surface area contributed by atoms with Crippen LogP contribution in [-0.2, 0) is 4.79 Å². The fraction of sp³-hybridized carbons (Fsp3) is 0.333. The van der Waals surface area contributed by atoms with E-state index >= 15 is 0 Å². The fourth-order valence-corrected chi connectivity index (χ4v) is 1.52. The van der Waals surface area contributed by atoms with E-state index in [0.29, 0.717) is 12.1 Å². The van der Waals surface area contributed by atoms with Crippen molar-refractivity contribution >= 4 is 24.8 Å². The summed E-state index contributed by atoms with van der Waals surface area (Å²) in [4.78, 5) is 10.7. The van der Waals surface area contributed by atoms with E-state index < -0.39 is 5.97 Å². The van der Waals surface area contributed by atoms with Crippen molar-refractivity contribution in [2.24, 2.45) is 0 Å². The second-order valence-electron chi connectivity index (χ2n) is 3.44. The zero-order chi connectivity index (χ0) is 12.0. The van der Waals surface area contributed by atoms with Crippen molar-refractivity contribution in [2.75, 3.05) is 6.54 Å². The van der Waals surface area contributed by atoms with E-state index in [1.807, 2.05) is 13.0 Å². The first-order valence-corrected chi connectivity index (χ1v) is 5.12. The molecule has 86 valence electrons. The summed E-state index contributed by atoms with van der Waals surface area (Å²) in [6.07, 6.45) is 0.0414. The SMILES string of the molecule is CCNC(CC(=O)O)c1ccc(C#N)cc1.[LiH]. The van der Waals surface area contributed by atoms with Gasteiger partial charge in [0.05, 0.1) is 18.1 Å². The Hall–Kier alpha value is -1.26. The van der Waals surface area contributed by atoms with Crippen LogP contribution in [0.25, 0.3) is 0 Å². The standard InChI is InChI=1S/C12H14N2O2.Li.H/c1-2-14-11(7-12(15)16)10-5-3-9(8-13)4-6-10;;/h3-6,11,14H,2,7H2,1H3,(H,15,16);;. The number of benzene rings is 1. The first-order chi connectivity index (χ1) is 7.67. The van der Waals surface area contributed by atoms with Crippen LogP contribution in [0.2, 0.25) is 0 Å². The van der Waals surface area contributed by atoms with Gasteiger partial charge in [0.2, 0.25) is 0 Å². The van der Waals surface area contributed by atoms with Crippen molar-refractivity contribution in [2.45, 2.75) is 19.4 Å². The van der Waals surface area contributed by atoms with Gasteiger partial charge >= 0.3 is 24.8 Å². The molecule has 0 saturated carbocycles. The van der Waals surface area contributed by atoms with E-state index in [1.54, 1.807) is 24.3 Å². The van der Waals surface area contributed by atoms with Gasteiger partial charge in [0, 0.05) is 6.04 Å². The first-order valence-electron chi connectivity index (χ1n) is 5.12. The number of hydrogen-bond acceptors (Lipinski definition) is 3. The van der Waals surface area contributed by atoms with E-state index in [1.165, 1.54) is 0 Å². The van der Waals surface area contributed by atoms with Crippen LogP contribution in [0.3, 0.4) is 0 Å². The maximum atomic E-state index is 10.7. The number of nitrogens with zero attached hydrogens (tertiary/aromatic N) is 1. The minimum absolute atomic E-state index is 0. The average Bonchev–Trinajstić information content (AvgIpc) is 2.28. The molecule has 0 radical (unpaired) electrons. The molecule has 0 amide bonds. The Morgan fingerprint density at radius 2 is 2.06 bits per heavy atom. The second kappa shape index (κ2) is 7.92. The van der Waals surface area contributed by atoms with E-state index in [9.17, 15) is 4.79 Å². The summed E-state index contributed by atoms with van der Waals surface area (Å²) in [5.74, 6) is -0.838. The predicted octanol–water partition coefficient (Wildman–Crippen LogP) is 1.04. The molecule has 0 bridgehead atoms. The molecule has 5 heteroatoms. The van der Waals surface area contributed by atoms with Gasteiger partial charge in [-0.25, -0.2) is 0 Å². The number of rotatable bonds is 5. The molecule has 1 aromatic rings. The van der Waals surface area contributed by atoms with Crippen LogP contribution in [0.15, 0.2) is 24.3 Å². The van der Waals surface area contributed by atoms with Gasteiger partial charge in [-0.1, -0.05) is 19.1 Å². The monoisotopic (exact) mass is 226 g/mol. The summed E-state index contributed by atoms with van der Waals surface area (Å²) in [5, 5.41) is 20.5. The van der Waals surface area contributed by atoms with E-state index in [0.717, 1.165) is 5.56 Å². The number of carbonyl (C=O) groups is 1. The predicted molar refractivity (Wildman–Crippen MR) is 67.0 cm³/mol. The summed E-state index contributed by atoms with van der Waals surface area (Å²) >= 11 is 0. The van der Waals surface area contributed by atoms with Gasteiger partial charge in [0.25, 0.3) is 0 Å². The summed E-state index contributed by atoms with van der Waals surface area (Å²) in [7, 11) is 0. The molecule has 0 heterocycles. The minimum atomic E-state index is -0.838. The van der Waals surface area contributed by atoms with E-state index in [4.69, 9.17) is 10.4 Å². The fourth-order valence-electron chi connectivity index (χ4n) is 1.52. The molecule has 0 spiro atoms. The summed E-state index contributed by atoms with van der Waals surface area (Å²) in [6.45, 7) is 2.64. The van der Waals surface area contributed by atoms with Crippen molar-refractivity contribution < 1.29 is 9.90 Å². The molecule has 4 nitrogen and oxygen atoms in total. The number of hydrogen-bond donors (Lipinski definition) is 2. The maximum absolute atomic E-state index is 10.7. The van der Waals surface area contributed by atoms with Gasteiger partial charge in [-0.2, -0.15) is 5.26 Å². The first kappa shape index (κ1) is 15.7. The molecule has 1 aromatic carbocycles. The van der Waals surface area contributed by atoms with Crippen molar-refractivity contribution in [3.8, 4) is 6.07 Å². The third-order valence-corrected chi connectivity index (χ3v) is 2.27. The third-order valence-electron chi connectivity index (χ3n) is 2.27. The van der Waals surface area contributed by atoms with Crippen molar-refractivity contribution in [3.05, 3.63) is 35.4 Å². The Morgan fingerprint density at radius 3 is 2.47 bits per heavy atom. The van der Waals surface area contributed by atoms with Gasteiger partial charge in [-0.15, -0.1) is 0 Å². The van der Waals surface area contributed by atoms with Crippen LogP contribution in [0.4, 0.5) is 0 Å². The number of nitriles is 1. The van der Waals surface area contributed by atoms with Gasteiger partial charge < -0.3 is 10.4 Å². The molecule has 0 aliphatic carbocycles. The van der Waals surface area contributed by atoms with Crippen LogP contribution in [0, 0.1) is 11.3 Å². The second-order valence-corrected chi connectivity index (χ2v) is 3.44. The topological polar surface area (TPSA) is 73.1 Å². The molecule has 1 unspecified atom stereocenters. The Balaban J connectivity index is 0.00000256. The Bertz CT molecular complexity index is 398. The zero-order valence-corrected chi connectivity index (χ0v) is 9.10. The van der Waals surface area contributed by atoms with Crippen LogP contribution >= 0.6 is 0 Å². The Kier molecular flexibility index (Phi) is 7.33. The number of nitrogens with one attached hydrogen (secondary N) is 1. The van der Waals surface area contributed by atoms with Crippen LogP contribution in [0.1, 0.15) is 30.5 Å². The molecule has 1 rings (SSSR count). The number of carboxylic acid groups (broad SMARTS) is 1. The summed E-state index contributed by atoms with van der Waals surface area (Å²) in [6, 6.07) is 8.80. The molecule has 17 heavy (non-hydrogen) atoms. The van der Waals surface area contributed by atoms with Gasteiger partial charge in [-0.05, 0) is 24.2 Å². The van der Waals surface area contributed by atoms with Crippen molar-refractivity contribution in [1.29, 1.82) is 5.26 Å². The van der Waals surface area contributed by atoms with Crippen molar-refractivity contribution in [1.82, 2.24) is 5.32 Å². The molecular formula is C12H15LiN2O2. The van der Waals surface area contributed by atoms with Crippen LogP contribution in [-0.4, -0.2) is 36.5 Å². The van der Waals surface area contributed by atoms with Gasteiger partial charge in [-0.3, -0.25) is 4.79 Å². The van der Waals surface area contributed by atoms with Crippen LogP contribution < -0.4 is 5.32 Å². The molecular weight excluding hydrogens is 211 g/mol. The van der Waals surface area contributed by atoms with Crippen LogP contribution in [0.5, 0.6) is 0 Å². The normalized spacial score (nSPS) is 11.1. The molecule has 0 aromatic heterocycles. The molecule has 0 aliphatic rings. The average molecular weight is 226 g/mol. The Morgan fingerprint density at radius 1 is 1.47 bits per heavy atom. The summed E-state index contributed by atoms with van der Waals surface area (Å²) < 4.78 is 0. The third kappa shape index (κ3) is 5.06. The number of aliphatic carboxylic acids is 1. The molecule has 2 N–H and O–H groups in total. The summed E-state index contributed by atoms with van der Waals surface area (Å²) in [5.41, 5.74) is 1.47. The van der Waals surface area contributed by atoms with E-state index in [-0.39, 0.29) is 31.3 Å². The van der Waals surface area contributed by atoms with Crippen molar-refractivity contribution in [3.63, 3.8) is 0 Å². The Labute approximate surface area is 113 Å². The molecule has 0 fully saturated rings. The van der Waals surface area contributed by atoms with E-state index in [2.05, 4.69) is 5.32 Å². The number of carboxylic acids is 1. The molecule has 0 aliphatic heterocycles. The van der Waals surface area contributed by atoms with Gasteiger partial charge in [0.15, 0.2) is 0 Å². The molecule has 0 saturated heterocycles. The molecule has 1 atom stereocenters.